The predicted octanol–water partition coefficient (Wildman–Crippen LogP) is 3.44. The molecule has 1 aromatic carbocycles. The number of benzene rings is 1. The predicted molar refractivity (Wildman–Crippen MR) is 97.3 cm³/mol. The van der Waals surface area contributed by atoms with E-state index in [1.807, 2.05) is 13.0 Å². The second-order valence-corrected chi connectivity index (χ2v) is 6.77. The van der Waals surface area contributed by atoms with Gasteiger partial charge in [-0.3, -0.25) is 9.59 Å². The first kappa shape index (κ1) is 19.9. The zero-order chi connectivity index (χ0) is 20.3. The number of rotatable bonds is 5. The zero-order valence-electron chi connectivity index (χ0n) is 15.3. The van der Waals surface area contributed by atoms with Crippen LogP contribution in [0.4, 0.5) is 19.0 Å². The fourth-order valence-corrected chi connectivity index (χ4v) is 3.25. The molecule has 150 valence electrons. The molecule has 1 fully saturated rings. The van der Waals surface area contributed by atoms with Gasteiger partial charge in [-0.25, -0.2) is 0 Å². The van der Waals surface area contributed by atoms with E-state index in [0.29, 0.717) is 18.5 Å². The van der Waals surface area contributed by atoms with Crippen molar-refractivity contribution in [2.24, 2.45) is 5.92 Å². The van der Waals surface area contributed by atoms with Crippen molar-refractivity contribution in [3.05, 3.63) is 35.9 Å². The maximum Gasteiger partial charge on any atom is 0.505 e. The molecule has 1 aliphatic heterocycles. The summed E-state index contributed by atoms with van der Waals surface area (Å²) in [5, 5.41) is 8.58. The fourth-order valence-electron chi connectivity index (χ4n) is 3.25. The molecule has 9 heteroatoms. The highest BCUT2D eigenvalue weighted by atomic mass is 19.4. The fraction of sp³-hybridized carbons (Fsp3) is 0.421. The molecule has 0 radical (unpaired) electrons. The Balaban J connectivity index is 1.89. The van der Waals surface area contributed by atoms with Crippen LogP contribution >= 0.6 is 0 Å². The van der Waals surface area contributed by atoms with E-state index >= 15 is 0 Å². The summed E-state index contributed by atoms with van der Waals surface area (Å²) in [6, 6.07) is 8.04. The highest BCUT2D eigenvalue weighted by Crippen LogP contribution is 2.32. The molecule has 2 N–H and O–H groups in total. The number of nitrogens with zero attached hydrogens (tertiary/aromatic N) is 2. The molecule has 28 heavy (non-hydrogen) atoms. The summed E-state index contributed by atoms with van der Waals surface area (Å²) >= 11 is 0. The van der Waals surface area contributed by atoms with Crippen molar-refractivity contribution in [1.29, 1.82) is 0 Å². The number of anilines is 1. The van der Waals surface area contributed by atoms with Crippen LogP contribution in [0.3, 0.4) is 0 Å². The van der Waals surface area contributed by atoms with Crippen LogP contribution in [0.15, 0.2) is 30.3 Å². The van der Waals surface area contributed by atoms with Crippen LogP contribution in [0, 0.1) is 5.92 Å². The number of piperidine rings is 1. The Morgan fingerprint density at radius 1 is 1.36 bits per heavy atom. The number of aromatic nitrogens is 2. The van der Waals surface area contributed by atoms with Gasteiger partial charge in [-0.2, -0.15) is 4.68 Å². The van der Waals surface area contributed by atoms with Gasteiger partial charge in [0.15, 0.2) is 5.82 Å². The van der Waals surface area contributed by atoms with E-state index in [-0.39, 0.29) is 28.5 Å². The molecular weight excluding hydrogens is 373 g/mol. The summed E-state index contributed by atoms with van der Waals surface area (Å²) in [4.78, 5) is 23.8. The Hall–Kier alpha value is -2.84. The van der Waals surface area contributed by atoms with E-state index in [1.54, 1.807) is 18.2 Å². The van der Waals surface area contributed by atoms with Crippen LogP contribution in [-0.2, 0) is 22.3 Å². The summed E-state index contributed by atoms with van der Waals surface area (Å²) in [5.74, 6) is -1.53. The summed E-state index contributed by atoms with van der Waals surface area (Å²) in [7, 11) is 0. The standard InChI is InChI=1S/C19H21F3N4O2/c1-2-4-12-5-3-6-13(9-12)15-11-16(25-26(15)19(20,21)22)24-18(28)14-7-8-23-17(27)10-14/h3,5-6,9,11,14H,2,4,7-8,10H2,1H3,(H,23,27)(H,24,25,28)/t14-/m1/s1. The van der Waals surface area contributed by atoms with Gasteiger partial charge >= 0.3 is 6.30 Å². The minimum absolute atomic E-state index is 0.0116. The molecule has 2 amide bonds. The zero-order valence-corrected chi connectivity index (χ0v) is 15.3. The summed E-state index contributed by atoms with van der Waals surface area (Å²) < 4.78 is 40.4. The number of alkyl halides is 3. The number of hydrogen-bond acceptors (Lipinski definition) is 3. The molecule has 0 saturated carbocycles. The van der Waals surface area contributed by atoms with Crippen LogP contribution in [-0.4, -0.2) is 28.1 Å². The Kier molecular flexibility index (Phi) is 5.71. The smallest absolute Gasteiger partial charge is 0.356 e. The van der Waals surface area contributed by atoms with Crippen molar-refractivity contribution in [3.8, 4) is 11.3 Å². The molecule has 2 heterocycles. The van der Waals surface area contributed by atoms with Crippen molar-refractivity contribution >= 4 is 17.6 Å². The minimum Gasteiger partial charge on any atom is -0.356 e. The first-order valence-corrected chi connectivity index (χ1v) is 9.12. The van der Waals surface area contributed by atoms with Crippen molar-refractivity contribution in [2.45, 2.75) is 38.9 Å². The maximum atomic E-state index is 13.5. The lowest BCUT2D eigenvalue weighted by Crippen LogP contribution is -2.38. The molecule has 0 aliphatic carbocycles. The molecule has 1 aromatic heterocycles. The van der Waals surface area contributed by atoms with Crippen LogP contribution in [0.5, 0.6) is 0 Å². The first-order valence-electron chi connectivity index (χ1n) is 9.12. The lowest BCUT2D eigenvalue weighted by atomic mass is 9.97. The van der Waals surface area contributed by atoms with Crippen LogP contribution in [0.1, 0.15) is 31.7 Å². The minimum atomic E-state index is -4.73. The topological polar surface area (TPSA) is 76.0 Å². The van der Waals surface area contributed by atoms with Gasteiger partial charge in [-0.1, -0.05) is 31.5 Å². The largest absolute Gasteiger partial charge is 0.505 e. The van der Waals surface area contributed by atoms with E-state index in [0.717, 1.165) is 18.4 Å². The Bertz CT molecular complexity index is 876. The number of carbonyl (C=O) groups is 2. The third-order valence-electron chi connectivity index (χ3n) is 4.58. The van der Waals surface area contributed by atoms with Crippen LogP contribution in [0.2, 0.25) is 0 Å². The van der Waals surface area contributed by atoms with Gasteiger partial charge < -0.3 is 10.6 Å². The van der Waals surface area contributed by atoms with Crippen molar-refractivity contribution in [1.82, 2.24) is 15.1 Å². The highest BCUT2D eigenvalue weighted by Gasteiger charge is 2.36. The van der Waals surface area contributed by atoms with E-state index in [9.17, 15) is 22.8 Å². The second-order valence-electron chi connectivity index (χ2n) is 6.77. The van der Waals surface area contributed by atoms with E-state index in [1.165, 1.54) is 6.07 Å². The van der Waals surface area contributed by atoms with Gasteiger partial charge in [0.1, 0.15) is 0 Å². The molecule has 1 saturated heterocycles. The van der Waals surface area contributed by atoms with E-state index < -0.39 is 18.1 Å². The molecule has 6 nitrogen and oxygen atoms in total. The summed E-state index contributed by atoms with van der Waals surface area (Å²) in [6.45, 7) is 2.36. The lowest BCUT2D eigenvalue weighted by molar-refractivity contribution is -0.210. The maximum absolute atomic E-state index is 13.5. The molecule has 2 aromatic rings. The number of nitrogens with one attached hydrogen (secondary N) is 2. The van der Waals surface area contributed by atoms with Gasteiger partial charge in [0.2, 0.25) is 11.8 Å². The summed E-state index contributed by atoms with van der Waals surface area (Å²) in [5.41, 5.74) is 1.14. The van der Waals surface area contributed by atoms with Gasteiger partial charge in [-0.05, 0) is 24.5 Å². The van der Waals surface area contributed by atoms with Gasteiger partial charge in [0.05, 0.1) is 5.69 Å². The second kappa shape index (κ2) is 8.04. The number of amides is 2. The lowest BCUT2D eigenvalue weighted by Gasteiger charge is -2.20. The third-order valence-corrected chi connectivity index (χ3v) is 4.58. The molecule has 0 bridgehead atoms. The first-order chi connectivity index (χ1) is 13.3. The third kappa shape index (κ3) is 4.52. The monoisotopic (exact) mass is 394 g/mol. The molecule has 0 spiro atoms. The van der Waals surface area contributed by atoms with Gasteiger partial charge in [0.25, 0.3) is 0 Å². The van der Waals surface area contributed by atoms with Crippen LogP contribution in [0.25, 0.3) is 11.3 Å². The van der Waals surface area contributed by atoms with E-state index in [4.69, 9.17) is 0 Å². The number of hydrogen-bond donors (Lipinski definition) is 2. The molecule has 1 aliphatic rings. The summed E-state index contributed by atoms with van der Waals surface area (Å²) in [6.07, 6.45) is -2.66. The van der Waals surface area contributed by atoms with Crippen molar-refractivity contribution < 1.29 is 22.8 Å². The number of halogens is 3. The Morgan fingerprint density at radius 2 is 2.14 bits per heavy atom. The van der Waals surface area contributed by atoms with Gasteiger partial charge in [-0.15, -0.1) is 18.3 Å². The molecule has 0 unspecified atom stereocenters. The highest BCUT2D eigenvalue weighted by molar-refractivity contribution is 5.95. The SMILES string of the molecule is CCCc1cccc(-c2cc(NC(=O)[C@@H]3CCNC(=O)C3)nn2C(F)(F)F)c1. The Labute approximate surface area is 160 Å². The van der Waals surface area contributed by atoms with Gasteiger partial charge in [0, 0.05) is 30.5 Å². The quantitative estimate of drug-likeness (QED) is 0.816. The Morgan fingerprint density at radius 3 is 2.82 bits per heavy atom. The molecule has 1 atom stereocenters. The molecule has 3 rings (SSSR count). The average Bonchev–Trinajstić information content (AvgIpc) is 3.06. The average molecular weight is 394 g/mol. The number of carbonyl (C=O) groups excluding carboxylic acids is 2. The van der Waals surface area contributed by atoms with Crippen LogP contribution < -0.4 is 10.6 Å². The normalized spacial score (nSPS) is 17.3. The molecular formula is C19H21F3N4O2. The van der Waals surface area contributed by atoms with E-state index in [2.05, 4.69) is 15.7 Å². The van der Waals surface area contributed by atoms with Crippen molar-refractivity contribution in [3.63, 3.8) is 0 Å². The van der Waals surface area contributed by atoms with Crippen molar-refractivity contribution in [2.75, 3.05) is 11.9 Å². The number of aryl methyl sites for hydroxylation is 1.